The molecule has 40 heavy (non-hydrogen) atoms. The molecule has 4 rings (SSSR count). The summed E-state index contributed by atoms with van der Waals surface area (Å²) in [5.41, 5.74) is 0.933. The van der Waals surface area contributed by atoms with Crippen LogP contribution in [0.5, 0.6) is 11.5 Å². The van der Waals surface area contributed by atoms with Crippen molar-refractivity contribution in [2.24, 2.45) is 0 Å². The summed E-state index contributed by atoms with van der Waals surface area (Å²) in [5, 5.41) is 7.57. The van der Waals surface area contributed by atoms with E-state index in [9.17, 15) is 8.42 Å². The van der Waals surface area contributed by atoms with Gasteiger partial charge >= 0.3 is 0 Å². The van der Waals surface area contributed by atoms with Crippen molar-refractivity contribution in [2.45, 2.75) is 83.5 Å². The summed E-state index contributed by atoms with van der Waals surface area (Å²) in [7, 11) is -1.07. The lowest BCUT2D eigenvalue weighted by molar-refractivity contribution is -0.0207. The molecule has 0 saturated carbocycles. The third kappa shape index (κ3) is 6.21. The fourth-order valence-electron chi connectivity index (χ4n) is 4.61. The van der Waals surface area contributed by atoms with Crippen LogP contribution >= 0.6 is 0 Å². The molecule has 1 saturated heterocycles. The molecule has 218 valence electrons. The molecule has 2 aromatic heterocycles. The molecule has 13 heteroatoms. The Kier molecular flexibility index (Phi) is 8.66. The van der Waals surface area contributed by atoms with E-state index in [4.69, 9.17) is 18.9 Å². The van der Waals surface area contributed by atoms with Crippen molar-refractivity contribution >= 4 is 16.0 Å². The number of methoxy groups -OCH3 is 2. The van der Waals surface area contributed by atoms with Crippen LogP contribution in [0.4, 0.5) is 5.95 Å². The van der Waals surface area contributed by atoms with Crippen molar-refractivity contribution < 1.29 is 27.4 Å². The van der Waals surface area contributed by atoms with Gasteiger partial charge in [-0.2, -0.15) is 0 Å². The minimum atomic E-state index is -4.12. The van der Waals surface area contributed by atoms with Crippen molar-refractivity contribution in [1.82, 2.24) is 24.7 Å². The first-order chi connectivity index (χ1) is 18.9. The Morgan fingerprint density at radius 1 is 1.07 bits per heavy atom. The average Bonchev–Trinajstić information content (AvgIpc) is 3.48. The number of aromatic nitrogens is 5. The molecular weight excluding hydrogens is 536 g/mol. The van der Waals surface area contributed by atoms with E-state index in [1.54, 1.807) is 42.1 Å². The highest BCUT2D eigenvalue weighted by Crippen LogP contribution is 2.43. The molecule has 1 aliphatic rings. The van der Waals surface area contributed by atoms with Crippen LogP contribution in [0.1, 0.15) is 76.9 Å². The molecule has 1 N–H and O–H groups in total. The van der Waals surface area contributed by atoms with Gasteiger partial charge in [-0.1, -0.05) is 6.07 Å². The number of rotatable bonds is 11. The molecule has 3 atom stereocenters. The van der Waals surface area contributed by atoms with E-state index >= 15 is 0 Å². The Balaban J connectivity index is 1.80. The van der Waals surface area contributed by atoms with E-state index in [-0.39, 0.29) is 23.5 Å². The number of anilines is 1. The number of sulfonamides is 1. The molecule has 0 unspecified atom stereocenters. The quantitative estimate of drug-likeness (QED) is 0.352. The van der Waals surface area contributed by atoms with Crippen molar-refractivity contribution in [2.75, 3.05) is 18.9 Å². The molecule has 1 fully saturated rings. The Bertz CT molecular complexity index is 1400. The number of aryl methyl sites for hydroxylation is 1. The molecular formula is C27H38N6O6S. The van der Waals surface area contributed by atoms with Gasteiger partial charge in [-0.05, 0) is 72.1 Å². The lowest BCUT2D eigenvalue weighted by Gasteiger charge is -2.26. The zero-order valence-corrected chi connectivity index (χ0v) is 25.0. The predicted molar refractivity (Wildman–Crippen MR) is 149 cm³/mol. The van der Waals surface area contributed by atoms with E-state index < -0.39 is 27.5 Å². The van der Waals surface area contributed by atoms with Crippen LogP contribution in [0.3, 0.4) is 0 Å². The van der Waals surface area contributed by atoms with Gasteiger partial charge in [0, 0.05) is 12.4 Å². The fraction of sp³-hybridized carbons (Fsp3) is 0.556. The Morgan fingerprint density at radius 2 is 1.70 bits per heavy atom. The molecule has 0 radical (unpaired) electrons. The van der Waals surface area contributed by atoms with Gasteiger partial charge in [0.2, 0.25) is 16.0 Å². The van der Waals surface area contributed by atoms with Crippen molar-refractivity contribution in [3.8, 4) is 17.2 Å². The van der Waals surface area contributed by atoms with Crippen molar-refractivity contribution in [3.05, 3.63) is 47.8 Å². The molecule has 0 bridgehead atoms. The summed E-state index contributed by atoms with van der Waals surface area (Å²) in [6.07, 6.45) is 3.11. The SMILES string of the molecule is COc1cccc(OC)c1-n1c(NS(=O)(=O)[C@@H](C)[C@@H](OC(C)C)c2ncc(C)cn2)nnc1[C@H]1CCC(C)(C)O1. The van der Waals surface area contributed by atoms with Crippen LogP contribution < -0.4 is 14.2 Å². The molecule has 0 amide bonds. The van der Waals surface area contributed by atoms with Gasteiger partial charge in [-0.3, -0.25) is 9.29 Å². The second-order valence-corrected chi connectivity index (χ2v) is 12.7. The maximum Gasteiger partial charge on any atom is 0.243 e. The number of ether oxygens (including phenoxy) is 4. The number of hydrogen-bond acceptors (Lipinski definition) is 10. The first kappa shape index (κ1) is 29.7. The van der Waals surface area contributed by atoms with Gasteiger partial charge in [-0.15, -0.1) is 10.2 Å². The normalized spacial score (nSPS) is 18.5. The zero-order valence-electron chi connectivity index (χ0n) is 24.2. The Labute approximate surface area is 235 Å². The zero-order chi connectivity index (χ0) is 29.2. The highest BCUT2D eigenvalue weighted by atomic mass is 32.2. The van der Waals surface area contributed by atoms with E-state index in [1.807, 2.05) is 34.6 Å². The van der Waals surface area contributed by atoms with E-state index in [1.165, 1.54) is 14.2 Å². The fourth-order valence-corrected chi connectivity index (χ4v) is 5.70. The third-order valence-corrected chi connectivity index (χ3v) is 8.39. The smallest absolute Gasteiger partial charge is 0.243 e. The van der Waals surface area contributed by atoms with Crippen LogP contribution in [0.15, 0.2) is 30.6 Å². The standard InChI is InChI=1S/C27H38N6O6S/c1-16(2)38-23(24-28-14-17(3)15-29-24)18(4)40(34,35)32-26-31-30-25(21-12-13-27(5,6)39-21)33(26)22-19(36-7)10-9-11-20(22)37-8/h9-11,14-16,18,21,23H,12-13H2,1-8H3,(H,31,32)/t18-,21+,23+/m0/s1. The Morgan fingerprint density at radius 3 is 2.23 bits per heavy atom. The predicted octanol–water partition coefficient (Wildman–Crippen LogP) is 4.31. The summed E-state index contributed by atoms with van der Waals surface area (Å²) in [6.45, 7) is 11.1. The molecule has 12 nitrogen and oxygen atoms in total. The van der Waals surface area contributed by atoms with E-state index in [2.05, 4.69) is 24.9 Å². The van der Waals surface area contributed by atoms with Crippen LogP contribution in [0, 0.1) is 6.92 Å². The molecule has 1 aromatic carbocycles. The van der Waals surface area contributed by atoms with Crippen molar-refractivity contribution in [3.63, 3.8) is 0 Å². The lowest BCUT2D eigenvalue weighted by Crippen LogP contribution is -2.35. The van der Waals surface area contributed by atoms with Gasteiger partial charge in [0.1, 0.15) is 34.6 Å². The first-order valence-electron chi connectivity index (χ1n) is 13.2. The molecule has 0 spiro atoms. The van der Waals surface area contributed by atoms with Gasteiger partial charge in [0.05, 0.1) is 25.9 Å². The van der Waals surface area contributed by atoms with Gasteiger partial charge in [0.25, 0.3) is 0 Å². The lowest BCUT2D eigenvalue weighted by atomic mass is 10.1. The third-order valence-electron chi connectivity index (χ3n) is 6.69. The highest BCUT2D eigenvalue weighted by Gasteiger charge is 2.39. The van der Waals surface area contributed by atoms with Gasteiger partial charge < -0.3 is 18.9 Å². The van der Waals surface area contributed by atoms with E-state index in [0.717, 1.165) is 12.0 Å². The van der Waals surface area contributed by atoms with Gasteiger partial charge in [-0.25, -0.2) is 18.4 Å². The van der Waals surface area contributed by atoms with Crippen LogP contribution in [0.2, 0.25) is 0 Å². The topological polar surface area (TPSA) is 140 Å². The number of hydrogen-bond donors (Lipinski definition) is 1. The maximum absolute atomic E-state index is 13.9. The summed E-state index contributed by atoms with van der Waals surface area (Å²) in [6, 6.07) is 5.29. The second-order valence-electron chi connectivity index (χ2n) is 10.7. The maximum atomic E-state index is 13.9. The summed E-state index contributed by atoms with van der Waals surface area (Å²) < 4.78 is 55.5. The largest absolute Gasteiger partial charge is 0.494 e. The molecule has 0 aliphatic carbocycles. The number of nitrogens with zero attached hydrogens (tertiary/aromatic N) is 5. The number of benzene rings is 1. The second kappa shape index (κ2) is 11.7. The highest BCUT2D eigenvalue weighted by molar-refractivity contribution is 7.93. The number of nitrogens with one attached hydrogen (secondary N) is 1. The molecule has 3 heterocycles. The molecule has 1 aliphatic heterocycles. The van der Waals surface area contributed by atoms with Crippen LogP contribution in [0.25, 0.3) is 5.69 Å². The van der Waals surface area contributed by atoms with Crippen LogP contribution in [-0.2, 0) is 19.5 Å². The summed E-state index contributed by atoms with van der Waals surface area (Å²) >= 11 is 0. The summed E-state index contributed by atoms with van der Waals surface area (Å²) in [4.78, 5) is 8.69. The Hall–Kier alpha value is -3.29. The first-order valence-corrected chi connectivity index (χ1v) is 14.7. The summed E-state index contributed by atoms with van der Waals surface area (Å²) in [5.74, 6) is 1.55. The van der Waals surface area contributed by atoms with Gasteiger partial charge in [0.15, 0.2) is 11.6 Å². The van der Waals surface area contributed by atoms with Crippen LogP contribution in [-0.4, -0.2) is 64.3 Å². The minimum Gasteiger partial charge on any atom is -0.494 e. The number of para-hydroxylation sites is 1. The minimum absolute atomic E-state index is 0.0360. The molecule has 3 aromatic rings. The van der Waals surface area contributed by atoms with Crippen molar-refractivity contribution in [1.29, 1.82) is 0 Å². The average molecular weight is 575 g/mol. The monoisotopic (exact) mass is 574 g/mol. The van der Waals surface area contributed by atoms with E-state index in [0.29, 0.717) is 29.4 Å².